The zero-order chi connectivity index (χ0) is 23.2. The second-order valence-corrected chi connectivity index (χ2v) is 8.46. The lowest BCUT2D eigenvalue weighted by Gasteiger charge is -2.18. The third-order valence-corrected chi connectivity index (χ3v) is 6.30. The molecule has 0 radical (unpaired) electrons. The van der Waals surface area contributed by atoms with Gasteiger partial charge in [-0.1, -0.05) is 42.1 Å². The number of hydrogen-bond donors (Lipinski definition) is 2. The molecule has 1 aliphatic rings. The molecule has 0 aliphatic carbocycles. The molecule has 0 spiro atoms. The van der Waals surface area contributed by atoms with E-state index in [9.17, 15) is 9.59 Å². The molecule has 0 atom stereocenters. The molecular weight excluding hydrogens is 436 g/mol. The maximum absolute atomic E-state index is 12.5. The van der Waals surface area contributed by atoms with Crippen LogP contribution in [-0.2, 0) is 11.2 Å². The minimum Gasteiger partial charge on any atom is -0.493 e. The third kappa shape index (κ3) is 5.38. The molecule has 6 nitrogen and oxygen atoms in total. The summed E-state index contributed by atoms with van der Waals surface area (Å²) in [6.45, 7) is 0.496. The minimum absolute atomic E-state index is 0.129. The topological polar surface area (TPSA) is 76.7 Å². The Morgan fingerprint density at radius 1 is 1.00 bits per heavy atom. The molecule has 0 fully saturated rings. The summed E-state index contributed by atoms with van der Waals surface area (Å²) in [5.74, 6) is 1.07. The maximum Gasteiger partial charge on any atom is 0.262 e. The molecule has 0 unspecified atom stereocenters. The highest BCUT2D eigenvalue weighted by Crippen LogP contribution is 2.38. The van der Waals surface area contributed by atoms with Gasteiger partial charge in [-0.2, -0.15) is 0 Å². The van der Waals surface area contributed by atoms with Crippen LogP contribution in [-0.4, -0.2) is 32.6 Å². The number of methoxy groups -OCH3 is 2. The van der Waals surface area contributed by atoms with E-state index in [-0.39, 0.29) is 11.8 Å². The van der Waals surface area contributed by atoms with E-state index in [1.54, 1.807) is 26.4 Å². The van der Waals surface area contributed by atoms with Gasteiger partial charge < -0.3 is 20.1 Å². The Morgan fingerprint density at radius 3 is 2.52 bits per heavy atom. The molecule has 2 amide bonds. The van der Waals surface area contributed by atoms with Crippen LogP contribution in [0.5, 0.6) is 11.5 Å². The van der Waals surface area contributed by atoms with Gasteiger partial charge in [0.1, 0.15) is 0 Å². The molecule has 33 heavy (non-hydrogen) atoms. The van der Waals surface area contributed by atoms with E-state index in [1.165, 1.54) is 11.8 Å². The third-order valence-electron chi connectivity index (χ3n) is 5.20. The minimum atomic E-state index is -0.145. The first-order valence-corrected chi connectivity index (χ1v) is 11.3. The van der Waals surface area contributed by atoms with Crippen LogP contribution in [0.25, 0.3) is 6.08 Å². The Morgan fingerprint density at radius 2 is 1.76 bits per heavy atom. The van der Waals surface area contributed by atoms with Crippen LogP contribution in [0.4, 0.5) is 5.69 Å². The number of fused-ring (bicyclic) bond motifs is 1. The van der Waals surface area contributed by atoms with Crippen LogP contribution in [0.2, 0.25) is 0 Å². The Balaban J connectivity index is 1.35. The number of amides is 2. The molecule has 168 valence electrons. The summed E-state index contributed by atoms with van der Waals surface area (Å²) in [4.78, 5) is 26.5. The van der Waals surface area contributed by atoms with Gasteiger partial charge >= 0.3 is 0 Å². The second-order valence-electron chi connectivity index (χ2n) is 7.38. The normalized spacial score (nSPS) is 13.8. The molecule has 2 N–H and O–H groups in total. The van der Waals surface area contributed by atoms with E-state index in [2.05, 4.69) is 10.6 Å². The van der Waals surface area contributed by atoms with Gasteiger partial charge in [0, 0.05) is 17.0 Å². The van der Waals surface area contributed by atoms with Crippen molar-refractivity contribution in [3.63, 3.8) is 0 Å². The quantitative estimate of drug-likeness (QED) is 0.497. The summed E-state index contributed by atoms with van der Waals surface area (Å²) in [7, 11) is 3.20. The molecule has 0 bridgehead atoms. The SMILES string of the molecule is COc1ccc(CCNC(=O)c2ccc(/C=C3/Sc4ccccc4NC3=O)cc2)cc1OC. The highest BCUT2D eigenvalue weighted by atomic mass is 32.2. The largest absolute Gasteiger partial charge is 0.493 e. The number of carbonyl (C=O) groups is 2. The predicted octanol–water partition coefficient (Wildman–Crippen LogP) is 4.76. The Bertz CT molecular complexity index is 1210. The number of rotatable bonds is 7. The average molecular weight is 461 g/mol. The summed E-state index contributed by atoms with van der Waals surface area (Å²) in [5, 5.41) is 5.84. The van der Waals surface area contributed by atoms with E-state index >= 15 is 0 Å². The van der Waals surface area contributed by atoms with Crippen molar-refractivity contribution in [1.29, 1.82) is 0 Å². The Labute approximate surface area is 197 Å². The average Bonchev–Trinajstić information content (AvgIpc) is 2.84. The number of ether oxygens (including phenoxy) is 2. The van der Waals surface area contributed by atoms with E-state index in [4.69, 9.17) is 9.47 Å². The molecule has 4 rings (SSSR count). The lowest BCUT2D eigenvalue weighted by atomic mass is 10.1. The molecule has 1 aliphatic heterocycles. The summed E-state index contributed by atoms with van der Waals surface area (Å²) >= 11 is 1.44. The number of nitrogens with one attached hydrogen (secondary N) is 2. The lowest BCUT2D eigenvalue weighted by molar-refractivity contribution is -0.112. The molecule has 3 aromatic carbocycles. The monoisotopic (exact) mass is 460 g/mol. The molecule has 0 aromatic heterocycles. The highest BCUT2D eigenvalue weighted by molar-refractivity contribution is 8.04. The molecule has 0 saturated carbocycles. The van der Waals surface area contributed by atoms with Crippen molar-refractivity contribution in [3.05, 3.63) is 88.3 Å². The first-order valence-electron chi connectivity index (χ1n) is 10.5. The number of anilines is 1. The van der Waals surface area contributed by atoms with E-state index < -0.39 is 0 Å². The van der Waals surface area contributed by atoms with Crippen molar-refractivity contribution in [2.75, 3.05) is 26.1 Å². The lowest BCUT2D eigenvalue weighted by Crippen LogP contribution is -2.25. The predicted molar refractivity (Wildman–Crippen MR) is 131 cm³/mol. The van der Waals surface area contributed by atoms with Crippen LogP contribution < -0.4 is 20.1 Å². The standard InChI is InChI=1S/C26H24N2O4S/c1-31-21-12-9-18(15-22(21)32-2)13-14-27-25(29)19-10-7-17(8-11-19)16-24-26(30)28-20-5-3-4-6-23(20)33-24/h3-12,15-16H,13-14H2,1-2H3,(H,27,29)(H,28,30)/b24-16+. The first-order chi connectivity index (χ1) is 16.1. The zero-order valence-corrected chi connectivity index (χ0v) is 19.2. The van der Waals surface area contributed by atoms with Gasteiger partial charge in [-0.15, -0.1) is 0 Å². The highest BCUT2D eigenvalue weighted by Gasteiger charge is 2.20. The van der Waals surface area contributed by atoms with Crippen LogP contribution >= 0.6 is 11.8 Å². The van der Waals surface area contributed by atoms with Gasteiger partial charge in [-0.25, -0.2) is 0 Å². The van der Waals surface area contributed by atoms with Gasteiger partial charge in [0.2, 0.25) is 0 Å². The molecule has 3 aromatic rings. The fourth-order valence-corrected chi connectivity index (χ4v) is 4.39. The summed E-state index contributed by atoms with van der Waals surface area (Å²) in [6.07, 6.45) is 2.50. The van der Waals surface area contributed by atoms with Crippen molar-refractivity contribution in [3.8, 4) is 11.5 Å². The van der Waals surface area contributed by atoms with Crippen molar-refractivity contribution >= 4 is 35.3 Å². The van der Waals surface area contributed by atoms with E-state index in [0.29, 0.717) is 34.9 Å². The van der Waals surface area contributed by atoms with Gasteiger partial charge in [0.15, 0.2) is 11.5 Å². The first kappa shape index (κ1) is 22.5. The zero-order valence-electron chi connectivity index (χ0n) is 18.4. The fourth-order valence-electron chi connectivity index (χ4n) is 3.44. The summed E-state index contributed by atoms with van der Waals surface area (Å²) in [5.41, 5.74) is 3.29. The van der Waals surface area contributed by atoms with Crippen molar-refractivity contribution < 1.29 is 19.1 Å². The Kier molecular flexibility index (Phi) is 7.00. The molecule has 7 heteroatoms. The van der Waals surface area contributed by atoms with Gasteiger partial charge in [-0.05, 0) is 60.0 Å². The summed E-state index contributed by atoms with van der Waals surface area (Å²) < 4.78 is 10.6. The van der Waals surface area contributed by atoms with Gasteiger partial charge in [0.05, 0.1) is 24.8 Å². The van der Waals surface area contributed by atoms with Crippen LogP contribution in [0.15, 0.2) is 76.5 Å². The van der Waals surface area contributed by atoms with E-state index in [1.807, 2.05) is 60.7 Å². The number of hydrogen-bond acceptors (Lipinski definition) is 5. The van der Waals surface area contributed by atoms with Gasteiger partial charge in [-0.3, -0.25) is 9.59 Å². The second kappa shape index (κ2) is 10.3. The Hall–Kier alpha value is -3.71. The summed E-state index contributed by atoms with van der Waals surface area (Å²) in [6, 6.07) is 20.6. The van der Waals surface area contributed by atoms with E-state index in [0.717, 1.165) is 21.7 Å². The smallest absolute Gasteiger partial charge is 0.262 e. The fraction of sp³-hybridized carbons (Fsp3) is 0.154. The van der Waals surface area contributed by atoms with Crippen molar-refractivity contribution in [2.45, 2.75) is 11.3 Å². The van der Waals surface area contributed by atoms with Crippen LogP contribution in [0.3, 0.4) is 0 Å². The van der Waals surface area contributed by atoms with Crippen molar-refractivity contribution in [1.82, 2.24) is 5.32 Å². The molecule has 1 heterocycles. The van der Waals surface area contributed by atoms with Crippen LogP contribution in [0.1, 0.15) is 21.5 Å². The number of carbonyl (C=O) groups excluding carboxylic acids is 2. The van der Waals surface area contributed by atoms with Gasteiger partial charge in [0.25, 0.3) is 11.8 Å². The number of thioether (sulfide) groups is 1. The van der Waals surface area contributed by atoms with Crippen LogP contribution in [0, 0.1) is 0 Å². The number of benzene rings is 3. The molecular formula is C26H24N2O4S. The van der Waals surface area contributed by atoms with Crippen molar-refractivity contribution in [2.24, 2.45) is 0 Å². The number of para-hydroxylation sites is 1. The molecule has 0 saturated heterocycles. The maximum atomic E-state index is 12.5.